The first kappa shape index (κ1) is 19.8. The van der Waals surface area contributed by atoms with Gasteiger partial charge in [0.1, 0.15) is 17.6 Å². The lowest BCUT2D eigenvalue weighted by Crippen LogP contribution is -2.44. The fourth-order valence-corrected chi connectivity index (χ4v) is 4.22. The average Bonchev–Trinajstić information content (AvgIpc) is 3.14. The van der Waals surface area contributed by atoms with Gasteiger partial charge < -0.3 is 15.0 Å². The second kappa shape index (κ2) is 8.37. The SMILES string of the molecule is COc1ccc(NC(=O)C2CSCN2C(=O)c2cc(F)c(Cl)cc2Cl)cc1. The van der Waals surface area contributed by atoms with Crippen molar-refractivity contribution in [3.63, 3.8) is 0 Å². The molecule has 1 fully saturated rings. The molecule has 1 atom stereocenters. The summed E-state index contributed by atoms with van der Waals surface area (Å²) >= 11 is 13.2. The number of hydrogen-bond donors (Lipinski definition) is 1. The third kappa shape index (κ3) is 4.31. The van der Waals surface area contributed by atoms with E-state index in [9.17, 15) is 14.0 Å². The van der Waals surface area contributed by atoms with Gasteiger partial charge in [-0.3, -0.25) is 9.59 Å². The zero-order valence-electron chi connectivity index (χ0n) is 14.2. The molecule has 0 aromatic heterocycles. The molecule has 2 aromatic rings. The Bertz CT molecular complexity index is 880. The minimum absolute atomic E-state index is 0.0247. The molecule has 1 heterocycles. The summed E-state index contributed by atoms with van der Waals surface area (Å²) in [6.07, 6.45) is 0. The highest BCUT2D eigenvalue weighted by atomic mass is 35.5. The van der Waals surface area contributed by atoms with E-state index < -0.39 is 17.8 Å². The number of thioether (sulfide) groups is 1. The third-order valence-corrected chi connectivity index (χ3v) is 5.66. The van der Waals surface area contributed by atoms with Crippen molar-refractivity contribution in [2.75, 3.05) is 24.1 Å². The van der Waals surface area contributed by atoms with Gasteiger partial charge >= 0.3 is 0 Å². The lowest BCUT2D eigenvalue weighted by atomic mass is 10.1. The molecule has 1 saturated heterocycles. The summed E-state index contributed by atoms with van der Waals surface area (Å²) in [6.45, 7) is 0. The number of carbonyl (C=O) groups is 2. The Morgan fingerprint density at radius 1 is 1.22 bits per heavy atom. The van der Waals surface area contributed by atoms with E-state index in [2.05, 4.69) is 5.32 Å². The first-order valence-electron chi connectivity index (χ1n) is 7.89. The van der Waals surface area contributed by atoms with Crippen LogP contribution < -0.4 is 10.1 Å². The molecule has 1 N–H and O–H groups in total. The monoisotopic (exact) mass is 428 g/mol. The molecular formula is C18H15Cl2FN2O3S. The summed E-state index contributed by atoms with van der Waals surface area (Å²) in [5.74, 6) is -0.183. The van der Waals surface area contributed by atoms with Gasteiger partial charge in [-0.05, 0) is 36.4 Å². The number of methoxy groups -OCH3 is 1. The molecule has 0 saturated carbocycles. The first-order chi connectivity index (χ1) is 12.9. The van der Waals surface area contributed by atoms with Gasteiger partial charge in [-0.25, -0.2) is 4.39 Å². The molecule has 2 amide bonds. The maximum atomic E-state index is 13.8. The van der Waals surface area contributed by atoms with E-state index in [1.807, 2.05) is 0 Å². The second-order valence-electron chi connectivity index (χ2n) is 5.75. The topological polar surface area (TPSA) is 58.6 Å². The van der Waals surface area contributed by atoms with Crippen molar-refractivity contribution in [1.29, 1.82) is 0 Å². The van der Waals surface area contributed by atoms with E-state index >= 15 is 0 Å². The van der Waals surface area contributed by atoms with Gasteiger partial charge in [0, 0.05) is 11.4 Å². The zero-order chi connectivity index (χ0) is 19.6. The van der Waals surface area contributed by atoms with Gasteiger partial charge in [0.15, 0.2) is 0 Å². The van der Waals surface area contributed by atoms with Crippen molar-refractivity contribution in [2.24, 2.45) is 0 Å². The van der Waals surface area contributed by atoms with Crippen molar-refractivity contribution >= 4 is 52.5 Å². The third-order valence-electron chi connectivity index (χ3n) is 4.04. The predicted molar refractivity (Wildman–Crippen MR) is 105 cm³/mol. The number of rotatable bonds is 4. The number of halogens is 3. The molecule has 1 aliphatic heterocycles. The minimum Gasteiger partial charge on any atom is -0.497 e. The molecule has 1 aliphatic rings. The summed E-state index contributed by atoms with van der Waals surface area (Å²) in [5.41, 5.74) is 0.559. The number of nitrogens with one attached hydrogen (secondary N) is 1. The van der Waals surface area contributed by atoms with Crippen molar-refractivity contribution in [2.45, 2.75) is 6.04 Å². The molecule has 0 spiro atoms. The Hall–Kier alpha value is -1.96. The molecular weight excluding hydrogens is 414 g/mol. The van der Waals surface area contributed by atoms with E-state index in [4.69, 9.17) is 27.9 Å². The van der Waals surface area contributed by atoms with Crippen molar-refractivity contribution < 1.29 is 18.7 Å². The maximum Gasteiger partial charge on any atom is 0.256 e. The number of amides is 2. The predicted octanol–water partition coefficient (Wildman–Crippen LogP) is 4.29. The fraction of sp³-hybridized carbons (Fsp3) is 0.222. The molecule has 5 nitrogen and oxygen atoms in total. The Kier molecular flexibility index (Phi) is 6.14. The van der Waals surface area contributed by atoms with Crippen LogP contribution >= 0.6 is 35.0 Å². The molecule has 9 heteroatoms. The van der Waals surface area contributed by atoms with Crippen LogP contribution in [0.5, 0.6) is 5.75 Å². The van der Waals surface area contributed by atoms with Crippen molar-refractivity contribution in [1.82, 2.24) is 4.90 Å². The Labute approximate surface area is 169 Å². The van der Waals surface area contributed by atoms with Crippen molar-refractivity contribution in [3.05, 3.63) is 57.8 Å². The molecule has 3 rings (SSSR count). The van der Waals surface area contributed by atoms with Crippen LogP contribution in [-0.4, -0.2) is 41.5 Å². The summed E-state index contributed by atoms with van der Waals surface area (Å²) in [6, 6.07) is 8.33. The Balaban J connectivity index is 1.77. The summed E-state index contributed by atoms with van der Waals surface area (Å²) < 4.78 is 18.8. The normalized spacial score (nSPS) is 16.3. The number of benzene rings is 2. The second-order valence-corrected chi connectivity index (χ2v) is 7.57. The molecule has 0 aliphatic carbocycles. The van der Waals surface area contributed by atoms with Crippen LogP contribution in [0.3, 0.4) is 0 Å². The van der Waals surface area contributed by atoms with E-state index in [0.29, 0.717) is 23.1 Å². The molecule has 0 radical (unpaired) electrons. The highest BCUT2D eigenvalue weighted by molar-refractivity contribution is 7.99. The van der Waals surface area contributed by atoms with Gasteiger partial charge in [0.25, 0.3) is 5.91 Å². The van der Waals surface area contributed by atoms with Crippen LogP contribution in [0.15, 0.2) is 36.4 Å². The van der Waals surface area contributed by atoms with Crippen LogP contribution in [-0.2, 0) is 4.79 Å². The summed E-state index contributed by atoms with van der Waals surface area (Å²) in [7, 11) is 1.55. The lowest BCUT2D eigenvalue weighted by Gasteiger charge is -2.23. The average molecular weight is 429 g/mol. The van der Waals surface area contributed by atoms with Gasteiger partial charge in [-0.2, -0.15) is 0 Å². The Morgan fingerprint density at radius 2 is 1.93 bits per heavy atom. The van der Waals surface area contributed by atoms with E-state index in [1.165, 1.54) is 22.7 Å². The van der Waals surface area contributed by atoms with Gasteiger partial charge in [-0.15, -0.1) is 11.8 Å². The molecule has 27 heavy (non-hydrogen) atoms. The molecule has 1 unspecified atom stereocenters. The van der Waals surface area contributed by atoms with E-state index in [1.54, 1.807) is 31.4 Å². The summed E-state index contributed by atoms with van der Waals surface area (Å²) in [5, 5.41) is 2.65. The number of anilines is 1. The number of hydrogen-bond acceptors (Lipinski definition) is 4. The van der Waals surface area contributed by atoms with Crippen molar-refractivity contribution in [3.8, 4) is 5.75 Å². The minimum atomic E-state index is -0.740. The Morgan fingerprint density at radius 3 is 2.59 bits per heavy atom. The quantitative estimate of drug-likeness (QED) is 0.737. The smallest absolute Gasteiger partial charge is 0.256 e. The highest BCUT2D eigenvalue weighted by Crippen LogP contribution is 2.29. The molecule has 142 valence electrons. The number of carbonyl (C=O) groups excluding carboxylic acids is 2. The fourth-order valence-electron chi connectivity index (χ4n) is 2.60. The van der Waals surface area contributed by atoms with Crippen LogP contribution in [0.1, 0.15) is 10.4 Å². The van der Waals surface area contributed by atoms with Gasteiger partial charge in [0.2, 0.25) is 5.91 Å². The number of ether oxygens (including phenoxy) is 1. The van der Waals surface area contributed by atoms with Crippen LogP contribution in [0.4, 0.5) is 10.1 Å². The largest absolute Gasteiger partial charge is 0.497 e. The van der Waals surface area contributed by atoms with Gasteiger partial charge in [-0.1, -0.05) is 23.2 Å². The molecule has 2 aromatic carbocycles. The zero-order valence-corrected chi connectivity index (χ0v) is 16.5. The van der Waals surface area contributed by atoms with Crippen LogP contribution in [0.25, 0.3) is 0 Å². The number of nitrogens with zero attached hydrogens (tertiary/aromatic N) is 1. The molecule has 0 bridgehead atoms. The van der Waals surface area contributed by atoms with Gasteiger partial charge in [0.05, 0.1) is 28.6 Å². The standard InChI is InChI=1S/C18H15Cl2FN2O3S/c1-26-11-4-2-10(3-5-11)22-17(24)16-8-27-9-23(16)18(25)12-6-15(21)14(20)7-13(12)19/h2-7,16H,8-9H2,1H3,(H,22,24). The van der Waals surface area contributed by atoms with E-state index in [-0.39, 0.29) is 21.5 Å². The lowest BCUT2D eigenvalue weighted by molar-refractivity contribution is -0.119. The van der Waals surface area contributed by atoms with Crippen LogP contribution in [0.2, 0.25) is 10.0 Å². The first-order valence-corrected chi connectivity index (χ1v) is 9.80. The van der Waals surface area contributed by atoms with E-state index in [0.717, 1.165) is 6.07 Å². The van der Waals surface area contributed by atoms with Crippen LogP contribution in [0, 0.1) is 5.82 Å². The summed E-state index contributed by atoms with van der Waals surface area (Å²) in [4.78, 5) is 26.8. The highest BCUT2D eigenvalue weighted by Gasteiger charge is 2.36. The maximum absolute atomic E-state index is 13.8.